The van der Waals surface area contributed by atoms with Crippen LogP contribution < -0.4 is 4.74 Å². The first-order chi connectivity index (χ1) is 7.79. The predicted octanol–water partition coefficient (Wildman–Crippen LogP) is 4.03. The molecule has 1 aromatic carbocycles. The molecule has 0 heterocycles. The Morgan fingerprint density at radius 2 is 2.00 bits per heavy atom. The molecule has 0 saturated heterocycles. The van der Waals surface area contributed by atoms with Gasteiger partial charge in [0.1, 0.15) is 5.75 Å². The predicted molar refractivity (Wildman–Crippen MR) is 66.9 cm³/mol. The molecule has 84 valence electrons. The van der Waals surface area contributed by atoms with Gasteiger partial charge in [-0.2, -0.15) is 0 Å². The summed E-state index contributed by atoms with van der Waals surface area (Å²) >= 11 is 6.02. The van der Waals surface area contributed by atoms with E-state index in [9.17, 15) is 0 Å². The van der Waals surface area contributed by atoms with Crippen molar-refractivity contribution in [3.05, 3.63) is 28.8 Å². The molecule has 0 N–H and O–H groups in total. The first-order valence-corrected chi connectivity index (χ1v) is 6.10. The van der Waals surface area contributed by atoms with E-state index in [0.717, 1.165) is 24.2 Å². The summed E-state index contributed by atoms with van der Waals surface area (Å²) in [6, 6.07) is 5.54. The lowest BCUT2D eigenvalue weighted by molar-refractivity contribution is 0.155. The first-order valence-electron chi connectivity index (χ1n) is 5.72. The monoisotopic (exact) mass is 234 g/mol. The second-order valence-electron chi connectivity index (χ2n) is 4.16. The Hall–Kier alpha value is -1.13. The summed E-state index contributed by atoms with van der Waals surface area (Å²) in [5, 5.41) is 0.593. The summed E-state index contributed by atoms with van der Waals surface area (Å²) in [4.78, 5) is 0. The van der Waals surface area contributed by atoms with Gasteiger partial charge in [-0.3, -0.25) is 0 Å². The zero-order chi connectivity index (χ0) is 11.4. The van der Waals surface area contributed by atoms with Crippen LogP contribution in [0.1, 0.15) is 37.7 Å². The number of hydrogen-bond acceptors (Lipinski definition) is 1. The summed E-state index contributed by atoms with van der Waals surface area (Å²) in [6.07, 6.45) is 11.8. The third-order valence-corrected chi connectivity index (χ3v) is 3.26. The molecule has 16 heavy (non-hydrogen) atoms. The van der Waals surface area contributed by atoms with Crippen LogP contribution in [0.4, 0.5) is 0 Å². The fraction of sp³-hybridized carbons (Fsp3) is 0.429. The quantitative estimate of drug-likeness (QED) is 0.702. The number of ether oxygens (including phenoxy) is 1. The molecule has 0 radical (unpaired) electrons. The van der Waals surface area contributed by atoms with Crippen LogP contribution in [0.2, 0.25) is 5.02 Å². The maximum atomic E-state index is 6.02. The molecule has 2 heteroatoms. The Balaban J connectivity index is 2.04. The SMILES string of the molecule is C#Cc1ccc(OC2CCCCC2)cc1Cl. The van der Waals surface area contributed by atoms with E-state index in [2.05, 4.69) is 5.92 Å². The Morgan fingerprint density at radius 1 is 1.25 bits per heavy atom. The Morgan fingerprint density at radius 3 is 2.62 bits per heavy atom. The van der Waals surface area contributed by atoms with Crippen molar-refractivity contribution in [3.63, 3.8) is 0 Å². The summed E-state index contributed by atoms with van der Waals surface area (Å²) in [6.45, 7) is 0. The van der Waals surface area contributed by atoms with Crippen molar-refractivity contribution in [3.8, 4) is 18.1 Å². The maximum Gasteiger partial charge on any atom is 0.121 e. The number of terminal acetylenes is 1. The smallest absolute Gasteiger partial charge is 0.121 e. The summed E-state index contributed by atoms with van der Waals surface area (Å²) in [7, 11) is 0. The van der Waals surface area contributed by atoms with Gasteiger partial charge >= 0.3 is 0 Å². The summed E-state index contributed by atoms with van der Waals surface area (Å²) in [5.74, 6) is 3.37. The fourth-order valence-electron chi connectivity index (χ4n) is 2.06. The van der Waals surface area contributed by atoms with Crippen LogP contribution in [-0.4, -0.2) is 6.10 Å². The van der Waals surface area contributed by atoms with E-state index in [1.54, 1.807) is 0 Å². The van der Waals surface area contributed by atoms with Gasteiger partial charge in [0.2, 0.25) is 0 Å². The molecule has 2 rings (SSSR count). The molecule has 0 spiro atoms. The molecule has 0 aromatic heterocycles. The van der Waals surface area contributed by atoms with Crippen LogP contribution in [0, 0.1) is 12.3 Å². The van der Waals surface area contributed by atoms with Gasteiger partial charge in [-0.15, -0.1) is 6.42 Å². The fourth-order valence-corrected chi connectivity index (χ4v) is 2.29. The van der Waals surface area contributed by atoms with Gasteiger partial charge in [0.25, 0.3) is 0 Å². The van der Waals surface area contributed by atoms with Crippen LogP contribution in [0.3, 0.4) is 0 Å². The molecule has 0 bridgehead atoms. The Labute approximate surface area is 102 Å². The third-order valence-electron chi connectivity index (χ3n) is 2.95. The van der Waals surface area contributed by atoms with Crippen molar-refractivity contribution in [2.75, 3.05) is 0 Å². The Kier molecular flexibility index (Phi) is 3.74. The molecular weight excluding hydrogens is 220 g/mol. The maximum absolute atomic E-state index is 6.02. The summed E-state index contributed by atoms with van der Waals surface area (Å²) < 4.78 is 5.88. The molecule has 1 aliphatic rings. The lowest BCUT2D eigenvalue weighted by Gasteiger charge is -2.23. The molecule has 0 unspecified atom stereocenters. The van der Waals surface area contributed by atoms with Crippen LogP contribution in [0.5, 0.6) is 5.75 Å². The minimum atomic E-state index is 0.349. The molecule has 1 aliphatic carbocycles. The zero-order valence-electron chi connectivity index (χ0n) is 9.21. The van der Waals surface area contributed by atoms with Gasteiger partial charge in [-0.05, 0) is 37.8 Å². The number of rotatable bonds is 2. The normalized spacial score (nSPS) is 16.8. The molecular formula is C14H15ClO. The zero-order valence-corrected chi connectivity index (χ0v) is 9.96. The van der Waals surface area contributed by atoms with Crippen molar-refractivity contribution in [1.82, 2.24) is 0 Å². The number of halogens is 1. The van der Waals surface area contributed by atoms with E-state index in [-0.39, 0.29) is 0 Å². The van der Waals surface area contributed by atoms with Crippen LogP contribution >= 0.6 is 11.6 Å². The van der Waals surface area contributed by atoms with Gasteiger partial charge in [0.05, 0.1) is 11.1 Å². The number of hydrogen-bond donors (Lipinski definition) is 0. The highest BCUT2D eigenvalue weighted by Gasteiger charge is 2.15. The van der Waals surface area contributed by atoms with E-state index in [0.29, 0.717) is 11.1 Å². The average Bonchev–Trinajstić information content (AvgIpc) is 2.31. The van der Waals surface area contributed by atoms with Crippen molar-refractivity contribution in [2.24, 2.45) is 0 Å². The van der Waals surface area contributed by atoms with E-state index in [1.165, 1.54) is 19.3 Å². The highest BCUT2D eigenvalue weighted by molar-refractivity contribution is 6.31. The van der Waals surface area contributed by atoms with Gasteiger partial charge in [0.15, 0.2) is 0 Å². The minimum absolute atomic E-state index is 0.349. The second-order valence-corrected chi connectivity index (χ2v) is 4.57. The standard InChI is InChI=1S/C14H15ClO/c1-2-11-8-9-13(10-14(11)15)16-12-6-4-3-5-7-12/h1,8-10,12H,3-7H2. The van der Waals surface area contributed by atoms with Crippen molar-refractivity contribution >= 4 is 11.6 Å². The topological polar surface area (TPSA) is 9.23 Å². The van der Waals surface area contributed by atoms with Crippen molar-refractivity contribution in [2.45, 2.75) is 38.2 Å². The van der Waals surface area contributed by atoms with Crippen molar-refractivity contribution < 1.29 is 4.74 Å². The highest BCUT2D eigenvalue weighted by Crippen LogP contribution is 2.26. The van der Waals surface area contributed by atoms with Gasteiger partial charge in [-0.1, -0.05) is 23.9 Å². The number of benzene rings is 1. The molecule has 0 atom stereocenters. The van der Waals surface area contributed by atoms with Gasteiger partial charge in [-0.25, -0.2) is 0 Å². The molecule has 1 saturated carbocycles. The highest BCUT2D eigenvalue weighted by atomic mass is 35.5. The van der Waals surface area contributed by atoms with E-state index >= 15 is 0 Å². The molecule has 1 nitrogen and oxygen atoms in total. The minimum Gasteiger partial charge on any atom is -0.490 e. The van der Waals surface area contributed by atoms with Gasteiger partial charge < -0.3 is 4.74 Å². The van der Waals surface area contributed by atoms with E-state index < -0.39 is 0 Å². The molecule has 0 aliphatic heterocycles. The largest absolute Gasteiger partial charge is 0.490 e. The van der Waals surface area contributed by atoms with Crippen molar-refractivity contribution in [1.29, 1.82) is 0 Å². The Bertz CT molecular complexity index is 400. The molecule has 0 amide bonds. The summed E-state index contributed by atoms with van der Waals surface area (Å²) in [5.41, 5.74) is 0.720. The lowest BCUT2D eigenvalue weighted by atomic mass is 9.98. The molecule has 1 fully saturated rings. The van der Waals surface area contributed by atoms with Crippen LogP contribution in [0.15, 0.2) is 18.2 Å². The van der Waals surface area contributed by atoms with E-state index in [1.807, 2.05) is 18.2 Å². The third kappa shape index (κ3) is 2.71. The van der Waals surface area contributed by atoms with Crippen LogP contribution in [-0.2, 0) is 0 Å². The lowest BCUT2D eigenvalue weighted by Crippen LogP contribution is -2.19. The van der Waals surface area contributed by atoms with Crippen LogP contribution in [0.25, 0.3) is 0 Å². The average molecular weight is 235 g/mol. The van der Waals surface area contributed by atoms with E-state index in [4.69, 9.17) is 22.8 Å². The first kappa shape index (κ1) is 11.4. The second kappa shape index (κ2) is 5.27. The van der Waals surface area contributed by atoms with Gasteiger partial charge in [0, 0.05) is 11.6 Å². The molecule has 1 aromatic rings.